The molecule has 4 rings (SSSR count). The van der Waals surface area contributed by atoms with Crippen molar-refractivity contribution < 1.29 is 18.9 Å². The zero-order valence-corrected chi connectivity index (χ0v) is 20.3. The Morgan fingerprint density at radius 3 is 2.49 bits per heavy atom. The van der Waals surface area contributed by atoms with Crippen molar-refractivity contribution >= 4 is 28.3 Å². The summed E-state index contributed by atoms with van der Waals surface area (Å²) in [5.41, 5.74) is 3.07. The Morgan fingerprint density at radius 1 is 1.11 bits per heavy atom. The van der Waals surface area contributed by atoms with Gasteiger partial charge in [-0.1, -0.05) is 26.7 Å². The second kappa shape index (κ2) is 10.3. The Kier molecular flexibility index (Phi) is 7.19. The average Bonchev–Trinajstić information content (AvgIpc) is 3.10. The highest BCUT2D eigenvalue weighted by molar-refractivity contribution is 5.92. The van der Waals surface area contributed by atoms with Gasteiger partial charge in [-0.2, -0.15) is 0 Å². The third-order valence-electron chi connectivity index (χ3n) is 6.55. The molecule has 2 aromatic carbocycles. The van der Waals surface area contributed by atoms with Crippen LogP contribution in [0.5, 0.6) is 0 Å². The van der Waals surface area contributed by atoms with Gasteiger partial charge in [0.15, 0.2) is 0 Å². The largest absolute Gasteiger partial charge is 0.457 e. The number of rotatable bonds is 6. The van der Waals surface area contributed by atoms with Crippen molar-refractivity contribution in [3.63, 3.8) is 0 Å². The maximum atomic E-state index is 12.8. The first-order chi connectivity index (χ1) is 16.7. The van der Waals surface area contributed by atoms with E-state index in [9.17, 15) is 19.7 Å². The molecule has 1 saturated heterocycles. The van der Waals surface area contributed by atoms with Crippen LogP contribution < -0.4 is 10.5 Å². The maximum absolute atomic E-state index is 12.8. The summed E-state index contributed by atoms with van der Waals surface area (Å²) >= 11 is 0. The number of ether oxygens (including phenoxy) is 1. The first kappa shape index (κ1) is 24.4. The van der Waals surface area contributed by atoms with Crippen LogP contribution in [0.15, 0.2) is 45.6 Å². The van der Waals surface area contributed by atoms with Crippen molar-refractivity contribution in [2.75, 3.05) is 18.0 Å². The van der Waals surface area contributed by atoms with Crippen LogP contribution in [0.3, 0.4) is 0 Å². The summed E-state index contributed by atoms with van der Waals surface area (Å²) in [6, 6.07) is 9.57. The molecule has 0 radical (unpaired) electrons. The highest BCUT2D eigenvalue weighted by atomic mass is 16.6. The van der Waals surface area contributed by atoms with Gasteiger partial charge in [0.1, 0.15) is 17.9 Å². The molecule has 0 N–H and O–H groups in total. The van der Waals surface area contributed by atoms with Crippen molar-refractivity contribution in [3.8, 4) is 0 Å². The number of carbonyl (C=O) groups excluding carboxylic acids is 1. The summed E-state index contributed by atoms with van der Waals surface area (Å²) in [6.45, 7) is 7.48. The molecule has 0 unspecified atom stereocenters. The lowest BCUT2D eigenvalue weighted by atomic mass is 9.95. The highest BCUT2D eigenvalue weighted by Gasteiger charge is 2.23. The van der Waals surface area contributed by atoms with Gasteiger partial charge in [-0.3, -0.25) is 10.1 Å². The van der Waals surface area contributed by atoms with Crippen molar-refractivity contribution in [2.45, 2.75) is 59.0 Å². The molecule has 184 valence electrons. The molecule has 1 aliphatic heterocycles. The molecule has 0 bridgehead atoms. The van der Waals surface area contributed by atoms with E-state index in [2.05, 4.69) is 13.8 Å². The minimum Gasteiger partial charge on any atom is -0.457 e. The van der Waals surface area contributed by atoms with Crippen molar-refractivity contribution in [3.05, 3.63) is 79.2 Å². The van der Waals surface area contributed by atoms with Crippen LogP contribution in [0.25, 0.3) is 11.0 Å². The molecule has 35 heavy (non-hydrogen) atoms. The molecule has 0 saturated carbocycles. The van der Waals surface area contributed by atoms with E-state index in [4.69, 9.17) is 9.15 Å². The number of esters is 1. The molecule has 0 amide bonds. The van der Waals surface area contributed by atoms with Gasteiger partial charge < -0.3 is 14.1 Å². The number of hydrogen-bond donors (Lipinski definition) is 0. The number of aryl methyl sites for hydroxylation is 1. The van der Waals surface area contributed by atoms with Crippen LogP contribution in [0.4, 0.5) is 11.4 Å². The Labute approximate surface area is 203 Å². The lowest BCUT2D eigenvalue weighted by molar-refractivity contribution is -0.384. The quantitative estimate of drug-likeness (QED) is 0.189. The van der Waals surface area contributed by atoms with E-state index in [0.29, 0.717) is 22.2 Å². The van der Waals surface area contributed by atoms with Gasteiger partial charge in [0.25, 0.3) is 5.69 Å². The molecule has 8 heteroatoms. The maximum Gasteiger partial charge on any atom is 0.338 e. The molecular formula is C27H30N2O6. The number of carbonyl (C=O) groups is 1. The van der Waals surface area contributed by atoms with E-state index in [0.717, 1.165) is 49.9 Å². The third kappa shape index (κ3) is 5.37. The monoisotopic (exact) mass is 478 g/mol. The van der Waals surface area contributed by atoms with Gasteiger partial charge in [0.2, 0.25) is 0 Å². The number of nitro groups is 1. The lowest BCUT2D eigenvalue weighted by Crippen LogP contribution is -2.24. The van der Waals surface area contributed by atoms with E-state index in [1.165, 1.54) is 12.1 Å². The van der Waals surface area contributed by atoms with Gasteiger partial charge in [-0.25, -0.2) is 9.59 Å². The topological polar surface area (TPSA) is 103 Å². The molecular weight excluding hydrogens is 448 g/mol. The third-order valence-corrected chi connectivity index (χ3v) is 6.55. The number of anilines is 1. The summed E-state index contributed by atoms with van der Waals surface area (Å²) in [4.78, 5) is 38.3. The van der Waals surface area contributed by atoms with Gasteiger partial charge in [-0.15, -0.1) is 0 Å². The van der Waals surface area contributed by atoms with Gasteiger partial charge in [-0.05, 0) is 61.1 Å². The Morgan fingerprint density at radius 2 is 1.83 bits per heavy atom. The molecule has 1 fully saturated rings. The van der Waals surface area contributed by atoms with Crippen LogP contribution in [0.1, 0.15) is 72.5 Å². The SMILES string of the molecule is Cc1cc2oc(=O)cc(COC(=O)c3ccc(N4CCCCCC4)c([N+](=O)[O-])c3)c2cc1C(C)C. The first-order valence-corrected chi connectivity index (χ1v) is 12.0. The van der Waals surface area contributed by atoms with Crippen LogP contribution in [0.2, 0.25) is 0 Å². The van der Waals surface area contributed by atoms with Crippen molar-refractivity contribution in [2.24, 2.45) is 0 Å². The zero-order valence-electron chi connectivity index (χ0n) is 20.3. The van der Waals surface area contributed by atoms with E-state index in [1.807, 2.05) is 24.0 Å². The smallest absolute Gasteiger partial charge is 0.338 e. The minimum atomic E-state index is -0.687. The Balaban J connectivity index is 1.60. The molecule has 0 spiro atoms. The molecule has 1 aromatic heterocycles. The predicted octanol–water partition coefficient (Wildman–Crippen LogP) is 5.87. The fraction of sp³-hybridized carbons (Fsp3) is 0.407. The number of benzene rings is 2. The average molecular weight is 479 g/mol. The molecule has 0 aliphatic carbocycles. The van der Waals surface area contributed by atoms with Crippen molar-refractivity contribution in [1.82, 2.24) is 0 Å². The standard InChI is InChI=1S/C27H30N2O6/c1-17(2)21-15-22-20(14-26(30)35-25(22)12-18(21)3)16-34-27(31)19-8-9-23(24(13-19)29(32)33)28-10-6-4-5-7-11-28/h8-9,12-15,17H,4-7,10-11,16H2,1-3H3. The van der Waals surface area contributed by atoms with E-state index >= 15 is 0 Å². The van der Waals surface area contributed by atoms with Crippen molar-refractivity contribution in [1.29, 1.82) is 0 Å². The van der Waals surface area contributed by atoms with Gasteiger partial charge >= 0.3 is 11.6 Å². The Bertz CT molecular complexity index is 1320. The predicted molar refractivity (Wildman–Crippen MR) is 134 cm³/mol. The normalized spacial score (nSPS) is 14.2. The van der Waals surface area contributed by atoms with E-state index in [-0.39, 0.29) is 23.8 Å². The summed E-state index contributed by atoms with van der Waals surface area (Å²) in [6.07, 6.45) is 4.19. The second-order valence-corrected chi connectivity index (χ2v) is 9.39. The highest BCUT2D eigenvalue weighted by Crippen LogP contribution is 2.32. The first-order valence-electron chi connectivity index (χ1n) is 12.0. The summed E-state index contributed by atoms with van der Waals surface area (Å²) in [7, 11) is 0. The number of nitrogens with zero attached hydrogens (tertiary/aromatic N) is 2. The number of nitro benzene ring substituents is 1. The molecule has 3 aromatic rings. The number of fused-ring (bicyclic) bond motifs is 1. The summed E-state index contributed by atoms with van der Waals surface area (Å²) in [5, 5.41) is 12.5. The zero-order chi connectivity index (χ0) is 25.1. The van der Waals surface area contributed by atoms with E-state index < -0.39 is 16.5 Å². The fourth-order valence-corrected chi connectivity index (χ4v) is 4.74. The second-order valence-electron chi connectivity index (χ2n) is 9.39. The fourth-order valence-electron chi connectivity index (χ4n) is 4.74. The van der Waals surface area contributed by atoms with Gasteiger partial charge in [0.05, 0.1) is 10.5 Å². The van der Waals surface area contributed by atoms with Crippen LogP contribution >= 0.6 is 0 Å². The van der Waals surface area contributed by atoms with E-state index in [1.54, 1.807) is 12.1 Å². The van der Waals surface area contributed by atoms with Crippen LogP contribution in [-0.4, -0.2) is 24.0 Å². The minimum absolute atomic E-state index is 0.0984. The van der Waals surface area contributed by atoms with Crippen LogP contribution in [-0.2, 0) is 11.3 Å². The molecule has 0 atom stereocenters. The number of hydrogen-bond acceptors (Lipinski definition) is 7. The van der Waals surface area contributed by atoms with Gasteiger partial charge in [0, 0.05) is 36.2 Å². The summed E-state index contributed by atoms with van der Waals surface area (Å²) in [5.74, 6) is -0.418. The molecule has 8 nitrogen and oxygen atoms in total. The summed E-state index contributed by atoms with van der Waals surface area (Å²) < 4.78 is 10.8. The molecule has 1 aliphatic rings. The molecule has 2 heterocycles. The van der Waals surface area contributed by atoms with Crippen LogP contribution in [0, 0.1) is 17.0 Å². The Hall–Kier alpha value is -3.68. The lowest BCUT2D eigenvalue weighted by Gasteiger charge is -2.22.